The van der Waals surface area contributed by atoms with Gasteiger partial charge in [0.1, 0.15) is 5.69 Å². The second kappa shape index (κ2) is 4.80. The Morgan fingerprint density at radius 2 is 2.11 bits per heavy atom. The molecule has 92 valence electrons. The maximum atomic E-state index is 10.8. The van der Waals surface area contributed by atoms with E-state index in [0.29, 0.717) is 10.6 Å². The van der Waals surface area contributed by atoms with Crippen molar-refractivity contribution in [2.75, 3.05) is 0 Å². The van der Waals surface area contributed by atoms with E-state index in [2.05, 4.69) is 10.2 Å². The van der Waals surface area contributed by atoms with Gasteiger partial charge in [-0.3, -0.25) is 10.5 Å². The molecule has 0 aliphatic carbocycles. The molecule has 0 fully saturated rings. The number of aromatic amines is 1. The molecule has 1 heterocycles. The van der Waals surface area contributed by atoms with Gasteiger partial charge in [-0.05, 0) is 6.07 Å². The minimum atomic E-state index is -1.34. The van der Waals surface area contributed by atoms with Crippen molar-refractivity contribution >= 4 is 34.9 Å². The van der Waals surface area contributed by atoms with E-state index < -0.39 is 11.7 Å². The topological polar surface area (TPSA) is 89.8 Å². The first-order valence-corrected chi connectivity index (χ1v) is 5.58. The molecule has 0 atom stereocenters. The van der Waals surface area contributed by atoms with Crippen LogP contribution < -0.4 is 0 Å². The fourth-order valence-electron chi connectivity index (χ4n) is 1.49. The van der Waals surface area contributed by atoms with Crippen LogP contribution in [0.1, 0.15) is 5.56 Å². The van der Waals surface area contributed by atoms with Gasteiger partial charge < -0.3 is 5.11 Å². The normalized spacial score (nSPS) is 10.3. The van der Waals surface area contributed by atoms with Gasteiger partial charge in [0.25, 0.3) is 0 Å². The van der Waals surface area contributed by atoms with E-state index in [1.807, 2.05) is 0 Å². The number of hydrogen-bond donors (Lipinski definition) is 3. The number of halogens is 2. The third-order valence-corrected chi connectivity index (χ3v) is 3.15. The number of carboxylic acids is 1. The average molecular weight is 284 g/mol. The van der Waals surface area contributed by atoms with Crippen LogP contribution in [0.5, 0.6) is 0 Å². The highest BCUT2D eigenvalue weighted by atomic mass is 35.5. The molecule has 0 radical (unpaired) electrons. The predicted molar refractivity (Wildman–Crippen MR) is 68.5 cm³/mol. The molecular formula is C11H7Cl2N3O2. The summed E-state index contributed by atoms with van der Waals surface area (Å²) in [7, 11) is 0. The molecule has 3 N–H and O–H groups in total. The molecule has 18 heavy (non-hydrogen) atoms. The SMILES string of the molecule is N=C(C(=O)O)c1c[nH]nc1-c1cccc(Cl)c1Cl. The van der Waals surface area contributed by atoms with Crippen molar-refractivity contribution in [2.24, 2.45) is 0 Å². The highest BCUT2D eigenvalue weighted by Gasteiger charge is 2.20. The van der Waals surface area contributed by atoms with Crippen LogP contribution in [-0.2, 0) is 4.79 Å². The first kappa shape index (κ1) is 12.6. The average Bonchev–Trinajstić information content (AvgIpc) is 2.80. The van der Waals surface area contributed by atoms with Crippen molar-refractivity contribution in [3.8, 4) is 11.3 Å². The number of nitrogens with zero attached hydrogens (tertiary/aromatic N) is 1. The molecule has 0 aliphatic heterocycles. The molecule has 7 heteroatoms. The lowest BCUT2D eigenvalue weighted by Crippen LogP contribution is -2.13. The van der Waals surface area contributed by atoms with Crippen molar-refractivity contribution in [1.82, 2.24) is 10.2 Å². The Morgan fingerprint density at radius 1 is 1.39 bits per heavy atom. The third kappa shape index (κ3) is 2.10. The van der Waals surface area contributed by atoms with Gasteiger partial charge in [-0.2, -0.15) is 5.10 Å². The van der Waals surface area contributed by atoms with Gasteiger partial charge in [0, 0.05) is 11.8 Å². The molecule has 5 nitrogen and oxygen atoms in total. The van der Waals surface area contributed by atoms with Crippen LogP contribution in [0.4, 0.5) is 0 Å². The highest BCUT2D eigenvalue weighted by molar-refractivity contribution is 6.45. The Balaban J connectivity index is 2.59. The van der Waals surface area contributed by atoms with Crippen LogP contribution in [0.2, 0.25) is 10.0 Å². The quantitative estimate of drug-likeness (QED) is 0.757. The molecule has 1 aromatic carbocycles. The third-order valence-electron chi connectivity index (χ3n) is 2.33. The molecular weight excluding hydrogens is 277 g/mol. The molecule has 2 rings (SSSR count). The predicted octanol–water partition coefficient (Wildman–Crippen LogP) is 2.84. The Labute approximate surface area is 112 Å². The van der Waals surface area contributed by atoms with Crippen LogP contribution in [-0.4, -0.2) is 27.0 Å². The van der Waals surface area contributed by atoms with Crippen LogP contribution in [0.15, 0.2) is 24.4 Å². The largest absolute Gasteiger partial charge is 0.477 e. The summed E-state index contributed by atoms with van der Waals surface area (Å²) in [6, 6.07) is 4.94. The summed E-state index contributed by atoms with van der Waals surface area (Å²) in [4.78, 5) is 10.8. The maximum Gasteiger partial charge on any atom is 0.354 e. The van der Waals surface area contributed by atoms with Crippen molar-refractivity contribution < 1.29 is 9.90 Å². The number of carboxylic acid groups (broad SMARTS) is 1. The number of hydrogen-bond acceptors (Lipinski definition) is 3. The van der Waals surface area contributed by atoms with Gasteiger partial charge in [0.15, 0.2) is 5.71 Å². The summed E-state index contributed by atoms with van der Waals surface area (Å²) in [5, 5.41) is 23.4. The lowest BCUT2D eigenvalue weighted by Gasteiger charge is -2.05. The van der Waals surface area contributed by atoms with Gasteiger partial charge in [-0.15, -0.1) is 0 Å². The van der Waals surface area contributed by atoms with E-state index in [1.54, 1.807) is 18.2 Å². The monoisotopic (exact) mass is 283 g/mol. The first-order valence-electron chi connectivity index (χ1n) is 4.82. The second-order valence-corrected chi connectivity index (χ2v) is 4.21. The summed E-state index contributed by atoms with van der Waals surface area (Å²) in [5.74, 6) is -1.34. The molecule has 0 spiro atoms. The second-order valence-electron chi connectivity index (χ2n) is 3.43. The number of aromatic nitrogens is 2. The van der Waals surface area contributed by atoms with E-state index >= 15 is 0 Å². The molecule has 2 aromatic rings. The zero-order chi connectivity index (χ0) is 13.3. The lowest BCUT2D eigenvalue weighted by atomic mass is 10.0. The Kier molecular flexibility index (Phi) is 3.36. The summed E-state index contributed by atoms with van der Waals surface area (Å²) >= 11 is 11.9. The lowest BCUT2D eigenvalue weighted by molar-refractivity contribution is -0.129. The van der Waals surface area contributed by atoms with Gasteiger partial charge in [0.2, 0.25) is 0 Å². The summed E-state index contributed by atoms with van der Waals surface area (Å²) in [6.45, 7) is 0. The Bertz CT molecular complexity index is 637. The first-order chi connectivity index (χ1) is 8.52. The van der Waals surface area contributed by atoms with Crippen molar-refractivity contribution in [2.45, 2.75) is 0 Å². The minimum absolute atomic E-state index is 0.159. The molecule has 0 saturated heterocycles. The number of nitrogens with one attached hydrogen (secondary N) is 2. The summed E-state index contributed by atoms with van der Waals surface area (Å²) in [6.07, 6.45) is 1.34. The van der Waals surface area contributed by atoms with Gasteiger partial charge in [-0.25, -0.2) is 4.79 Å². The van der Waals surface area contributed by atoms with Crippen LogP contribution in [0.3, 0.4) is 0 Å². The molecule has 0 saturated carbocycles. The minimum Gasteiger partial charge on any atom is -0.477 e. The summed E-state index contributed by atoms with van der Waals surface area (Å²) < 4.78 is 0. The number of H-pyrrole nitrogens is 1. The smallest absolute Gasteiger partial charge is 0.354 e. The van der Waals surface area contributed by atoms with E-state index in [4.69, 9.17) is 33.7 Å². The zero-order valence-corrected chi connectivity index (χ0v) is 10.4. The van der Waals surface area contributed by atoms with Crippen LogP contribution >= 0.6 is 23.2 Å². The van der Waals surface area contributed by atoms with E-state index in [1.165, 1.54) is 6.20 Å². The zero-order valence-electron chi connectivity index (χ0n) is 8.87. The Hall–Kier alpha value is -1.85. The molecule has 0 bridgehead atoms. The van der Waals surface area contributed by atoms with Crippen LogP contribution in [0, 0.1) is 5.41 Å². The number of carbonyl (C=O) groups is 1. The van der Waals surface area contributed by atoms with E-state index in [0.717, 1.165) is 0 Å². The van der Waals surface area contributed by atoms with Crippen molar-refractivity contribution in [3.05, 3.63) is 40.0 Å². The van der Waals surface area contributed by atoms with E-state index in [-0.39, 0.29) is 16.3 Å². The number of benzene rings is 1. The standard InChI is InChI=1S/C11H7Cl2N3O2/c12-7-3-1-2-5(8(7)13)10-6(4-15-16-10)9(14)11(17)18/h1-4,14H,(H,15,16)(H,17,18). The fraction of sp³-hybridized carbons (Fsp3) is 0. The fourth-order valence-corrected chi connectivity index (χ4v) is 1.88. The van der Waals surface area contributed by atoms with E-state index in [9.17, 15) is 4.79 Å². The van der Waals surface area contributed by atoms with Crippen molar-refractivity contribution in [3.63, 3.8) is 0 Å². The molecule has 0 aliphatic rings. The molecule has 0 unspecified atom stereocenters. The molecule has 1 aromatic heterocycles. The van der Waals surface area contributed by atoms with Gasteiger partial charge >= 0.3 is 5.97 Å². The van der Waals surface area contributed by atoms with Crippen LogP contribution in [0.25, 0.3) is 11.3 Å². The Morgan fingerprint density at radius 3 is 2.78 bits per heavy atom. The highest BCUT2D eigenvalue weighted by Crippen LogP contribution is 2.33. The van der Waals surface area contributed by atoms with Gasteiger partial charge in [-0.1, -0.05) is 35.3 Å². The number of rotatable bonds is 3. The number of aliphatic carboxylic acids is 1. The van der Waals surface area contributed by atoms with Gasteiger partial charge in [0.05, 0.1) is 15.6 Å². The van der Waals surface area contributed by atoms with Crippen molar-refractivity contribution in [1.29, 1.82) is 5.41 Å². The maximum absolute atomic E-state index is 10.8. The molecule has 0 amide bonds. The summed E-state index contributed by atoms with van der Waals surface area (Å²) in [5.41, 5.74) is 0.364.